The summed E-state index contributed by atoms with van der Waals surface area (Å²) in [6, 6.07) is 5.65. The molecule has 1 saturated carbocycles. The molecule has 0 spiro atoms. The molecule has 0 aromatic heterocycles. The molecule has 1 aromatic rings. The first-order chi connectivity index (χ1) is 9.15. The van der Waals surface area contributed by atoms with Crippen LogP contribution in [0, 0.1) is 12.8 Å². The van der Waals surface area contributed by atoms with Gasteiger partial charge in [0, 0.05) is 17.1 Å². The van der Waals surface area contributed by atoms with Crippen LogP contribution in [0.25, 0.3) is 0 Å². The first-order valence-electron chi connectivity index (χ1n) is 7.21. The minimum atomic E-state index is 0.102. The summed E-state index contributed by atoms with van der Waals surface area (Å²) in [5.41, 5.74) is 1.83. The maximum Gasteiger partial charge on any atom is 0.224 e. The molecule has 2 nitrogen and oxygen atoms in total. The maximum absolute atomic E-state index is 11.9. The number of benzene rings is 1. The highest BCUT2D eigenvalue weighted by molar-refractivity contribution is 6.31. The van der Waals surface area contributed by atoms with E-state index in [1.54, 1.807) is 0 Å². The van der Waals surface area contributed by atoms with Gasteiger partial charge >= 0.3 is 0 Å². The quantitative estimate of drug-likeness (QED) is 0.830. The number of aryl methyl sites for hydroxylation is 1. The smallest absolute Gasteiger partial charge is 0.224 e. The average molecular weight is 280 g/mol. The molecule has 0 heterocycles. The van der Waals surface area contributed by atoms with Crippen LogP contribution in [0.3, 0.4) is 0 Å². The van der Waals surface area contributed by atoms with Crippen LogP contribution in [0.4, 0.5) is 5.69 Å². The highest BCUT2D eigenvalue weighted by Crippen LogP contribution is 2.27. The largest absolute Gasteiger partial charge is 0.326 e. The zero-order valence-corrected chi connectivity index (χ0v) is 12.3. The van der Waals surface area contributed by atoms with E-state index >= 15 is 0 Å². The molecule has 1 aliphatic carbocycles. The summed E-state index contributed by atoms with van der Waals surface area (Å²) < 4.78 is 0. The predicted octanol–water partition coefficient (Wildman–Crippen LogP) is 4.95. The summed E-state index contributed by atoms with van der Waals surface area (Å²) in [6.07, 6.45) is 8.26. The van der Waals surface area contributed by atoms with Gasteiger partial charge < -0.3 is 5.32 Å². The summed E-state index contributed by atoms with van der Waals surface area (Å²) in [4.78, 5) is 11.9. The number of carbonyl (C=O) groups excluding carboxylic acids is 1. The van der Waals surface area contributed by atoms with Gasteiger partial charge in [-0.2, -0.15) is 0 Å². The highest BCUT2D eigenvalue weighted by Gasteiger charge is 2.14. The number of amides is 1. The van der Waals surface area contributed by atoms with Gasteiger partial charge in [0.2, 0.25) is 5.91 Å². The Kier molecular flexibility index (Phi) is 5.26. The summed E-state index contributed by atoms with van der Waals surface area (Å²) in [7, 11) is 0. The number of nitrogens with one attached hydrogen (secondary N) is 1. The number of hydrogen-bond acceptors (Lipinski definition) is 1. The van der Waals surface area contributed by atoms with Crippen LogP contribution in [0.15, 0.2) is 18.2 Å². The molecule has 1 fully saturated rings. The normalized spacial score (nSPS) is 16.3. The Labute approximate surface area is 120 Å². The summed E-state index contributed by atoms with van der Waals surface area (Å²) in [6.45, 7) is 1.96. The first kappa shape index (κ1) is 14.4. The number of rotatable bonds is 4. The third-order valence-corrected chi connectivity index (χ3v) is 4.37. The summed E-state index contributed by atoms with van der Waals surface area (Å²) in [5.74, 6) is 0.853. The van der Waals surface area contributed by atoms with Gasteiger partial charge in [0.25, 0.3) is 0 Å². The molecule has 3 heteroatoms. The van der Waals surface area contributed by atoms with Gasteiger partial charge in [0.15, 0.2) is 0 Å². The minimum absolute atomic E-state index is 0.102. The Balaban J connectivity index is 1.78. The summed E-state index contributed by atoms with van der Waals surface area (Å²) >= 11 is 6.04. The van der Waals surface area contributed by atoms with Gasteiger partial charge in [-0.1, -0.05) is 49.8 Å². The van der Waals surface area contributed by atoms with Crippen LogP contribution < -0.4 is 5.32 Å². The first-order valence-corrected chi connectivity index (χ1v) is 7.59. The zero-order chi connectivity index (χ0) is 13.7. The van der Waals surface area contributed by atoms with Crippen LogP contribution in [-0.4, -0.2) is 5.91 Å². The standard InChI is InChI=1S/C16H22ClNO/c1-12-7-9-14(11-15(12)17)18-16(19)10-8-13-5-3-2-4-6-13/h7,9,11,13H,2-6,8,10H2,1H3,(H,18,19). The molecule has 0 saturated heterocycles. The molecule has 1 aliphatic rings. The van der Waals surface area contributed by atoms with Crippen molar-refractivity contribution >= 4 is 23.2 Å². The monoisotopic (exact) mass is 279 g/mol. The lowest BCUT2D eigenvalue weighted by atomic mass is 9.86. The van der Waals surface area contributed by atoms with E-state index in [9.17, 15) is 4.79 Å². The Morgan fingerprint density at radius 1 is 1.32 bits per heavy atom. The topological polar surface area (TPSA) is 29.1 Å². The van der Waals surface area contributed by atoms with E-state index in [1.165, 1.54) is 32.1 Å². The second-order valence-electron chi connectivity index (χ2n) is 5.55. The fraction of sp³-hybridized carbons (Fsp3) is 0.562. The van der Waals surface area contributed by atoms with Crippen LogP contribution in [0.1, 0.15) is 50.5 Å². The maximum atomic E-state index is 11.9. The molecule has 0 radical (unpaired) electrons. The fourth-order valence-electron chi connectivity index (χ4n) is 2.71. The predicted molar refractivity (Wildman–Crippen MR) is 80.6 cm³/mol. The van der Waals surface area contributed by atoms with Crippen molar-refractivity contribution in [1.82, 2.24) is 0 Å². The number of halogens is 1. The Bertz CT molecular complexity index is 438. The molecule has 1 N–H and O–H groups in total. The van der Waals surface area contributed by atoms with E-state index < -0.39 is 0 Å². The number of anilines is 1. The van der Waals surface area contributed by atoms with Crippen molar-refractivity contribution in [3.8, 4) is 0 Å². The zero-order valence-electron chi connectivity index (χ0n) is 11.5. The fourth-order valence-corrected chi connectivity index (χ4v) is 2.89. The van der Waals surface area contributed by atoms with Gasteiger partial charge in [0.1, 0.15) is 0 Å². The second kappa shape index (κ2) is 6.95. The molecule has 0 aliphatic heterocycles. The van der Waals surface area contributed by atoms with Crippen molar-refractivity contribution < 1.29 is 4.79 Å². The van der Waals surface area contributed by atoms with Crippen molar-refractivity contribution in [3.05, 3.63) is 28.8 Å². The Morgan fingerprint density at radius 3 is 2.74 bits per heavy atom. The van der Waals surface area contributed by atoms with Crippen LogP contribution in [0.2, 0.25) is 5.02 Å². The molecular formula is C16H22ClNO. The van der Waals surface area contributed by atoms with Crippen LogP contribution in [0.5, 0.6) is 0 Å². The van der Waals surface area contributed by atoms with Gasteiger partial charge in [-0.3, -0.25) is 4.79 Å². The van der Waals surface area contributed by atoms with Gasteiger partial charge in [0.05, 0.1) is 0 Å². The van der Waals surface area contributed by atoms with Gasteiger partial charge in [-0.25, -0.2) is 0 Å². The Hall–Kier alpha value is -1.02. The number of hydrogen-bond donors (Lipinski definition) is 1. The lowest BCUT2D eigenvalue weighted by molar-refractivity contribution is -0.116. The van der Waals surface area contributed by atoms with E-state index in [2.05, 4.69) is 5.32 Å². The van der Waals surface area contributed by atoms with Crippen LogP contribution >= 0.6 is 11.6 Å². The van der Waals surface area contributed by atoms with E-state index in [-0.39, 0.29) is 5.91 Å². The third kappa shape index (κ3) is 4.54. The molecule has 0 bridgehead atoms. The molecule has 104 valence electrons. The second-order valence-corrected chi connectivity index (χ2v) is 5.96. The molecule has 1 aromatic carbocycles. The minimum Gasteiger partial charge on any atom is -0.326 e. The van der Waals surface area contributed by atoms with Crippen LogP contribution in [-0.2, 0) is 4.79 Å². The summed E-state index contributed by atoms with van der Waals surface area (Å²) in [5, 5.41) is 3.63. The lowest BCUT2D eigenvalue weighted by Gasteiger charge is -2.21. The van der Waals surface area contributed by atoms with Crippen molar-refractivity contribution in [3.63, 3.8) is 0 Å². The van der Waals surface area contributed by atoms with E-state index in [0.717, 1.165) is 23.6 Å². The van der Waals surface area contributed by atoms with E-state index in [1.807, 2.05) is 25.1 Å². The Morgan fingerprint density at radius 2 is 2.05 bits per heavy atom. The number of carbonyl (C=O) groups is 1. The van der Waals surface area contributed by atoms with Gasteiger partial charge in [-0.05, 0) is 37.0 Å². The third-order valence-electron chi connectivity index (χ3n) is 3.96. The molecule has 19 heavy (non-hydrogen) atoms. The molecule has 2 rings (SSSR count). The average Bonchev–Trinajstić information content (AvgIpc) is 2.42. The van der Waals surface area contributed by atoms with E-state index in [4.69, 9.17) is 11.6 Å². The molecule has 1 amide bonds. The van der Waals surface area contributed by atoms with Crippen molar-refractivity contribution in [2.75, 3.05) is 5.32 Å². The molecule has 0 unspecified atom stereocenters. The van der Waals surface area contributed by atoms with Crippen molar-refractivity contribution in [2.24, 2.45) is 5.92 Å². The van der Waals surface area contributed by atoms with Crippen molar-refractivity contribution in [1.29, 1.82) is 0 Å². The highest BCUT2D eigenvalue weighted by atomic mass is 35.5. The van der Waals surface area contributed by atoms with E-state index in [0.29, 0.717) is 11.4 Å². The van der Waals surface area contributed by atoms with Crippen molar-refractivity contribution in [2.45, 2.75) is 51.9 Å². The van der Waals surface area contributed by atoms with Gasteiger partial charge in [-0.15, -0.1) is 0 Å². The molecule has 0 atom stereocenters. The lowest BCUT2D eigenvalue weighted by Crippen LogP contribution is -2.14. The SMILES string of the molecule is Cc1ccc(NC(=O)CCC2CCCCC2)cc1Cl. The molecular weight excluding hydrogens is 258 g/mol.